The van der Waals surface area contributed by atoms with E-state index in [2.05, 4.69) is 39.0 Å². The molecule has 1 saturated heterocycles. The van der Waals surface area contributed by atoms with Gasteiger partial charge in [-0.2, -0.15) is 0 Å². The fourth-order valence-corrected chi connectivity index (χ4v) is 5.13. The second-order valence-electron chi connectivity index (χ2n) is 9.53. The Bertz CT molecular complexity index is 1010. The van der Waals surface area contributed by atoms with Crippen molar-refractivity contribution in [2.24, 2.45) is 5.41 Å². The van der Waals surface area contributed by atoms with E-state index in [0.29, 0.717) is 13.0 Å². The molecule has 2 aromatic carbocycles. The second kappa shape index (κ2) is 7.56. The third-order valence-corrected chi connectivity index (χ3v) is 7.38. The molecule has 5 rings (SSSR count). The fourth-order valence-electron chi connectivity index (χ4n) is 5.13. The SMILES string of the molecule is COC(=O)CC1COc2cc(OC3CCc4c3cccc4C3OC(C)C3(C)C)ccc21. The summed E-state index contributed by atoms with van der Waals surface area (Å²) in [6.07, 6.45) is 2.75. The van der Waals surface area contributed by atoms with Crippen LogP contribution in [0.25, 0.3) is 0 Å². The van der Waals surface area contributed by atoms with Gasteiger partial charge >= 0.3 is 5.97 Å². The van der Waals surface area contributed by atoms with Crippen molar-refractivity contribution in [3.63, 3.8) is 0 Å². The third-order valence-electron chi connectivity index (χ3n) is 7.38. The molecule has 4 atom stereocenters. The normalized spacial score (nSPS) is 27.6. The summed E-state index contributed by atoms with van der Waals surface area (Å²) in [5.41, 5.74) is 5.15. The number of hydrogen-bond donors (Lipinski definition) is 0. The topological polar surface area (TPSA) is 54.0 Å². The predicted molar refractivity (Wildman–Crippen MR) is 117 cm³/mol. The van der Waals surface area contributed by atoms with E-state index in [1.807, 2.05) is 18.2 Å². The molecule has 31 heavy (non-hydrogen) atoms. The molecule has 0 radical (unpaired) electrons. The van der Waals surface area contributed by atoms with Crippen molar-refractivity contribution in [3.8, 4) is 11.5 Å². The van der Waals surface area contributed by atoms with Gasteiger partial charge in [-0.1, -0.05) is 38.1 Å². The molecule has 3 aliphatic rings. The summed E-state index contributed by atoms with van der Waals surface area (Å²) in [5, 5.41) is 0. The molecule has 0 spiro atoms. The minimum absolute atomic E-state index is 0.0286. The minimum Gasteiger partial charge on any atom is -0.492 e. The van der Waals surface area contributed by atoms with Crippen LogP contribution in [-0.2, 0) is 20.7 Å². The lowest BCUT2D eigenvalue weighted by atomic mass is 9.72. The number of benzene rings is 2. The number of rotatable bonds is 5. The standard InChI is InChI=1S/C26H30O5/c1-15-26(2,3)25(30-15)21-7-5-6-20-19(21)10-11-22(20)31-17-8-9-18-16(12-24(27)28-4)14-29-23(18)13-17/h5-9,13,15-16,22,25H,10-12,14H2,1-4H3. The lowest BCUT2D eigenvalue weighted by Crippen LogP contribution is -2.48. The Labute approximate surface area is 183 Å². The Morgan fingerprint density at radius 3 is 2.71 bits per heavy atom. The van der Waals surface area contributed by atoms with E-state index in [0.717, 1.165) is 29.9 Å². The van der Waals surface area contributed by atoms with Gasteiger partial charge in [-0.15, -0.1) is 0 Å². The van der Waals surface area contributed by atoms with Crippen LogP contribution in [0.3, 0.4) is 0 Å². The van der Waals surface area contributed by atoms with Crippen LogP contribution in [0.5, 0.6) is 11.5 Å². The maximum Gasteiger partial charge on any atom is 0.306 e. The highest BCUT2D eigenvalue weighted by Crippen LogP contribution is 2.53. The van der Waals surface area contributed by atoms with E-state index in [1.54, 1.807) is 0 Å². The number of fused-ring (bicyclic) bond motifs is 2. The van der Waals surface area contributed by atoms with Gasteiger partial charge < -0.3 is 18.9 Å². The van der Waals surface area contributed by atoms with Crippen molar-refractivity contribution in [2.45, 2.75) is 64.3 Å². The van der Waals surface area contributed by atoms with Crippen molar-refractivity contribution < 1.29 is 23.7 Å². The van der Waals surface area contributed by atoms with E-state index < -0.39 is 0 Å². The molecule has 0 saturated carbocycles. The Balaban J connectivity index is 1.34. The zero-order chi connectivity index (χ0) is 21.8. The highest BCUT2D eigenvalue weighted by Gasteiger charge is 2.49. The molecular weight excluding hydrogens is 392 g/mol. The number of hydrogen-bond acceptors (Lipinski definition) is 5. The molecule has 5 nitrogen and oxygen atoms in total. The molecule has 1 fully saturated rings. The monoisotopic (exact) mass is 422 g/mol. The number of ether oxygens (including phenoxy) is 4. The Morgan fingerprint density at radius 2 is 1.97 bits per heavy atom. The molecule has 0 amide bonds. The highest BCUT2D eigenvalue weighted by atomic mass is 16.5. The lowest BCUT2D eigenvalue weighted by molar-refractivity contribution is -0.230. The summed E-state index contributed by atoms with van der Waals surface area (Å²) in [4.78, 5) is 11.6. The van der Waals surface area contributed by atoms with Crippen LogP contribution in [0.4, 0.5) is 0 Å². The largest absolute Gasteiger partial charge is 0.492 e. The van der Waals surface area contributed by atoms with Gasteiger partial charge in [0.1, 0.15) is 17.6 Å². The summed E-state index contributed by atoms with van der Waals surface area (Å²) >= 11 is 0. The van der Waals surface area contributed by atoms with Crippen LogP contribution in [0.1, 0.15) is 74.0 Å². The van der Waals surface area contributed by atoms with Crippen LogP contribution in [0, 0.1) is 5.41 Å². The number of methoxy groups -OCH3 is 1. The van der Waals surface area contributed by atoms with Crippen LogP contribution in [-0.4, -0.2) is 25.8 Å². The summed E-state index contributed by atoms with van der Waals surface area (Å²) in [6.45, 7) is 7.22. The van der Waals surface area contributed by atoms with Crippen molar-refractivity contribution >= 4 is 5.97 Å². The average molecular weight is 423 g/mol. The lowest BCUT2D eigenvalue weighted by Gasteiger charge is -2.51. The van der Waals surface area contributed by atoms with Crippen molar-refractivity contribution in [3.05, 3.63) is 58.7 Å². The van der Waals surface area contributed by atoms with Crippen LogP contribution in [0.2, 0.25) is 0 Å². The molecule has 0 aromatic heterocycles. The van der Waals surface area contributed by atoms with E-state index >= 15 is 0 Å². The van der Waals surface area contributed by atoms with Gasteiger partial charge in [0, 0.05) is 23.0 Å². The zero-order valence-electron chi connectivity index (χ0n) is 18.6. The molecule has 2 heterocycles. The van der Waals surface area contributed by atoms with E-state index in [1.165, 1.54) is 23.8 Å². The van der Waals surface area contributed by atoms with Crippen molar-refractivity contribution in [1.29, 1.82) is 0 Å². The maximum atomic E-state index is 11.6. The van der Waals surface area contributed by atoms with Crippen molar-refractivity contribution in [1.82, 2.24) is 0 Å². The molecule has 2 aliphatic heterocycles. The smallest absolute Gasteiger partial charge is 0.306 e. The predicted octanol–water partition coefficient (Wildman–Crippen LogP) is 5.28. The van der Waals surface area contributed by atoms with Crippen LogP contribution in [0.15, 0.2) is 36.4 Å². The molecule has 2 aromatic rings. The summed E-state index contributed by atoms with van der Waals surface area (Å²) < 4.78 is 23.2. The molecular formula is C26H30O5. The molecule has 0 N–H and O–H groups in total. The molecule has 0 bridgehead atoms. The average Bonchev–Trinajstić information content (AvgIpc) is 3.36. The summed E-state index contributed by atoms with van der Waals surface area (Å²) in [7, 11) is 1.42. The quantitative estimate of drug-likeness (QED) is 0.614. The second-order valence-corrected chi connectivity index (χ2v) is 9.53. The first-order valence-corrected chi connectivity index (χ1v) is 11.2. The molecule has 5 heteroatoms. The first kappa shape index (κ1) is 20.4. The first-order chi connectivity index (χ1) is 14.9. The maximum absolute atomic E-state index is 11.6. The Morgan fingerprint density at radius 1 is 1.16 bits per heavy atom. The van der Waals surface area contributed by atoms with Crippen LogP contribution >= 0.6 is 0 Å². The highest BCUT2D eigenvalue weighted by molar-refractivity contribution is 5.71. The van der Waals surface area contributed by atoms with Gasteiger partial charge in [0.05, 0.1) is 32.3 Å². The first-order valence-electron chi connectivity index (χ1n) is 11.2. The minimum atomic E-state index is -0.215. The number of carbonyl (C=O) groups excluding carboxylic acids is 1. The fraction of sp³-hybridized carbons (Fsp3) is 0.500. The summed E-state index contributed by atoms with van der Waals surface area (Å²) in [5.74, 6) is 1.43. The van der Waals surface area contributed by atoms with Gasteiger partial charge in [-0.3, -0.25) is 4.79 Å². The molecule has 1 aliphatic carbocycles. The van der Waals surface area contributed by atoms with Crippen LogP contribution < -0.4 is 9.47 Å². The number of esters is 1. The van der Waals surface area contributed by atoms with Gasteiger partial charge in [0.25, 0.3) is 0 Å². The van der Waals surface area contributed by atoms with Gasteiger partial charge in [0.2, 0.25) is 0 Å². The summed E-state index contributed by atoms with van der Waals surface area (Å²) in [6, 6.07) is 12.5. The molecule has 4 unspecified atom stereocenters. The zero-order valence-corrected chi connectivity index (χ0v) is 18.6. The Hall–Kier alpha value is -2.53. The van der Waals surface area contributed by atoms with E-state index in [4.69, 9.17) is 18.9 Å². The van der Waals surface area contributed by atoms with E-state index in [9.17, 15) is 4.79 Å². The van der Waals surface area contributed by atoms with Crippen molar-refractivity contribution in [2.75, 3.05) is 13.7 Å². The third kappa shape index (κ3) is 3.39. The van der Waals surface area contributed by atoms with Gasteiger partial charge in [-0.25, -0.2) is 0 Å². The number of carbonyl (C=O) groups is 1. The Kier molecular flexibility index (Phi) is 4.97. The van der Waals surface area contributed by atoms with Gasteiger partial charge in [-0.05, 0) is 42.5 Å². The van der Waals surface area contributed by atoms with E-state index in [-0.39, 0.29) is 35.6 Å². The van der Waals surface area contributed by atoms with Gasteiger partial charge in [0.15, 0.2) is 0 Å². The molecule has 164 valence electrons.